The van der Waals surface area contributed by atoms with E-state index in [2.05, 4.69) is 5.10 Å². The normalized spacial score (nSPS) is 18.0. The lowest BCUT2D eigenvalue weighted by Gasteiger charge is -2.21. The van der Waals surface area contributed by atoms with E-state index in [0.717, 1.165) is 18.7 Å². The van der Waals surface area contributed by atoms with Crippen LogP contribution in [0.1, 0.15) is 18.9 Å². The zero-order valence-electron chi connectivity index (χ0n) is 14.5. The largest absolute Gasteiger partial charge is 0.341 e. The number of likely N-dealkylation sites (tertiary alicyclic amines) is 1. The molecule has 1 saturated heterocycles. The molecule has 7 heteroatoms. The van der Waals surface area contributed by atoms with Crippen LogP contribution in [0.3, 0.4) is 0 Å². The van der Waals surface area contributed by atoms with Crippen molar-refractivity contribution in [3.63, 3.8) is 0 Å². The molecule has 0 aliphatic carbocycles. The highest BCUT2D eigenvalue weighted by molar-refractivity contribution is 5.89. The van der Waals surface area contributed by atoms with E-state index in [-0.39, 0.29) is 17.7 Å². The lowest BCUT2D eigenvalue weighted by molar-refractivity contribution is -0.135. The van der Waals surface area contributed by atoms with E-state index in [0.29, 0.717) is 26.1 Å². The van der Waals surface area contributed by atoms with Gasteiger partial charge in [0, 0.05) is 58.0 Å². The van der Waals surface area contributed by atoms with Gasteiger partial charge in [-0.3, -0.25) is 14.3 Å². The highest BCUT2D eigenvalue weighted by Gasteiger charge is 2.35. The van der Waals surface area contributed by atoms with Gasteiger partial charge in [-0.25, -0.2) is 0 Å². The van der Waals surface area contributed by atoms with Gasteiger partial charge in [0.25, 0.3) is 0 Å². The first-order chi connectivity index (χ1) is 10.9. The van der Waals surface area contributed by atoms with Crippen molar-refractivity contribution in [2.24, 2.45) is 5.92 Å². The molecule has 1 aliphatic rings. The number of hydrogen-bond donors (Lipinski definition) is 0. The summed E-state index contributed by atoms with van der Waals surface area (Å²) in [5, 5.41) is 4.22. The Labute approximate surface area is 137 Å². The van der Waals surface area contributed by atoms with Crippen LogP contribution in [0.5, 0.6) is 0 Å². The van der Waals surface area contributed by atoms with Gasteiger partial charge in [-0.2, -0.15) is 5.10 Å². The van der Waals surface area contributed by atoms with Crippen LogP contribution in [0, 0.1) is 5.92 Å². The van der Waals surface area contributed by atoms with Gasteiger partial charge in [0.2, 0.25) is 11.8 Å². The third-order valence-electron chi connectivity index (χ3n) is 4.19. The molecule has 2 heterocycles. The van der Waals surface area contributed by atoms with Crippen LogP contribution in [0.25, 0.3) is 0 Å². The number of likely N-dealkylation sites (N-methyl/N-ethyl adjacent to an activating group) is 1. The fraction of sp³-hybridized carbons (Fsp3) is 0.688. The minimum Gasteiger partial charge on any atom is -0.341 e. The second kappa shape index (κ2) is 7.59. The van der Waals surface area contributed by atoms with E-state index in [1.165, 1.54) is 0 Å². The number of rotatable bonds is 7. The molecule has 1 unspecified atom stereocenters. The Morgan fingerprint density at radius 2 is 2.13 bits per heavy atom. The predicted molar refractivity (Wildman–Crippen MR) is 87.6 cm³/mol. The molecule has 128 valence electrons. The summed E-state index contributed by atoms with van der Waals surface area (Å²) in [6, 6.07) is 0. The van der Waals surface area contributed by atoms with E-state index < -0.39 is 0 Å². The fourth-order valence-electron chi connectivity index (χ4n) is 2.80. The predicted octanol–water partition coefficient (Wildman–Crippen LogP) is 0.272. The van der Waals surface area contributed by atoms with Crippen LogP contribution in [0.4, 0.5) is 0 Å². The molecule has 1 aromatic rings. The van der Waals surface area contributed by atoms with Gasteiger partial charge in [-0.15, -0.1) is 0 Å². The van der Waals surface area contributed by atoms with Crippen molar-refractivity contribution in [1.82, 2.24) is 24.5 Å². The minimum absolute atomic E-state index is 0.0370. The van der Waals surface area contributed by atoms with Crippen molar-refractivity contribution in [2.45, 2.75) is 26.4 Å². The van der Waals surface area contributed by atoms with Gasteiger partial charge in [0.05, 0.1) is 12.1 Å². The maximum atomic E-state index is 12.6. The topological polar surface area (TPSA) is 61.7 Å². The molecular formula is C16H27N5O2. The summed E-state index contributed by atoms with van der Waals surface area (Å²) in [6.45, 7) is 5.40. The fourth-order valence-corrected chi connectivity index (χ4v) is 2.80. The van der Waals surface area contributed by atoms with E-state index in [4.69, 9.17) is 0 Å². The maximum absolute atomic E-state index is 12.6. The van der Waals surface area contributed by atoms with Crippen molar-refractivity contribution in [1.29, 1.82) is 0 Å². The van der Waals surface area contributed by atoms with E-state index >= 15 is 0 Å². The molecular weight excluding hydrogens is 294 g/mol. The first-order valence-electron chi connectivity index (χ1n) is 8.09. The molecule has 1 aliphatic heterocycles. The third kappa shape index (κ3) is 4.54. The lowest BCUT2D eigenvalue weighted by Crippen LogP contribution is -2.36. The zero-order chi connectivity index (χ0) is 17.0. The van der Waals surface area contributed by atoms with Gasteiger partial charge < -0.3 is 14.7 Å². The first kappa shape index (κ1) is 17.5. The molecule has 0 radical (unpaired) electrons. The number of amides is 2. The van der Waals surface area contributed by atoms with Crippen LogP contribution in [0.2, 0.25) is 0 Å². The minimum atomic E-state index is -0.226. The Balaban J connectivity index is 1.88. The molecule has 0 saturated carbocycles. The number of nitrogens with zero attached hydrogens (tertiary/aromatic N) is 5. The van der Waals surface area contributed by atoms with Crippen molar-refractivity contribution < 1.29 is 9.59 Å². The molecule has 2 rings (SSSR count). The van der Waals surface area contributed by atoms with Crippen LogP contribution in [0.15, 0.2) is 12.4 Å². The number of hydrogen-bond acceptors (Lipinski definition) is 4. The summed E-state index contributed by atoms with van der Waals surface area (Å²) >= 11 is 0. The van der Waals surface area contributed by atoms with E-state index in [9.17, 15) is 9.59 Å². The molecule has 1 fully saturated rings. The average Bonchev–Trinajstić information content (AvgIpc) is 3.10. The average molecular weight is 321 g/mol. The maximum Gasteiger partial charge on any atom is 0.228 e. The van der Waals surface area contributed by atoms with Gasteiger partial charge in [0.15, 0.2) is 0 Å². The molecule has 0 bridgehead atoms. The van der Waals surface area contributed by atoms with Crippen molar-refractivity contribution in [3.05, 3.63) is 18.0 Å². The monoisotopic (exact) mass is 321 g/mol. The molecule has 23 heavy (non-hydrogen) atoms. The Kier molecular flexibility index (Phi) is 5.76. The standard InChI is InChI=1S/C16H27N5O2/c1-5-21-11-13(9-17-21)10-19(4)16(23)14-8-15(22)20(12-14)7-6-18(2)3/h9,11,14H,5-8,10,12H2,1-4H3. The number of carbonyl (C=O) groups is 2. The molecule has 0 spiro atoms. The SMILES string of the molecule is CCn1cc(CN(C)C(=O)C2CC(=O)N(CCN(C)C)C2)cn1. The zero-order valence-corrected chi connectivity index (χ0v) is 14.5. The van der Waals surface area contributed by atoms with Gasteiger partial charge in [0.1, 0.15) is 0 Å². The highest BCUT2D eigenvalue weighted by Crippen LogP contribution is 2.20. The number of aromatic nitrogens is 2. The van der Waals surface area contributed by atoms with Crippen LogP contribution >= 0.6 is 0 Å². The molecule has 0 aromatic carbocycles. The smallest absolute Gasteiger partial charge is 0.228 e. The van der Waals surface area contributed by atoms with E-state index in [1.807, 2.05) is 36.8 Å². The second-order valence-electron chi connectivity index (χ2n) is 6.44. The second-order valence-corrected chi connectivity index (χ2v) is 6.44. The molecule has 2 amide bonds. The van der Waals surface area contributed by atoms with Gasteiger partial charge in [-0.05, 0) is 21.0 Å². The Hall–Kier alpha value is -1.89. The summed E-state index contributed by atoms with van der Waals surface area (Å²) in [4.78, 5) is 30.2. The van der Waals surface area contributed by atoms with Gasteiger partial charge >= 0.3 is 0 Å². The lowest BCUT2D eigenvalue weighted by atomic mass is 10.1. The van der Waals surface area contributed by atoms with Gasteiger partial charge in [-0.1, -0.05) is 0 Å². The van der Waals surface area contributed by atoms with Crippen LogP contribution < -0.4 is 0 Å². The summed E-state index contributed by atoms with van der Waals surface area (Å²) < 4.78 is 1.84. The van der Waals surface area contributed by atoms with Crippen molar-refractivity contribution in [3.8, 4) is 0 Å². The highest BCUT2D eigenvalue weighted by atomic mass is 16.2. The summed E-state index contributed by atoms with van der Waals surface area (Å²) in [6.07, 6.45) is 4.06. The van der Waals surface area contributed by atoms with Crippen LogP contribution in [-0.2, 0) is 22.7 Å². The summed E-state index contributed by atoms with van der Waals surface area (Å²) in [7, 11) is 5.75. The number of aryl methyl sites for hydroxylation is 1. The number of carbonyl (C=O) groups excluding carboxylic acids is 2. The van der Waals surface area contributed by atoms with Crippen LogP contribution in [-0.4, -0.2) is 77.1 Å². The summed E-state index contributed by atoms with van der Waals surface area (Å²) in [5.41, 5.74) is 1.01. The Morgan fingerprint density at radius 3 is 2.74 bits per heavy atom. The Bertz CT molecular complexity index is 554. The first-order valence-corrected chi connectivity index (χ1v) is 8.09. The van der Waals surface area contributed by atoms with E-state index in [1.54, 1.807) is 23.0 Å². The molecule has 1 aromatic heterocycles. The molecule has 1 atom stereocenters. The molecule has 0 N–H and O–H groups in total. The molecule has 7 nitrogen and oxygen atoms in total. The third-order valence-corrected chi connectivity index (χ3v) is 4.19. The summed E-state index contributed by atoms with van der Waals surface area (Å²) in [5.74, 6) is -0.108. The van der Waals surface area contributed by atoms with Crippen molar-refractivity contribution in [2.75, 3.05) is 40.8 Å². The Morgan fingerprint density at radius 1 is 1.39 bits per heavy atom. The van der Waals surface area contributed by atoms with Crippen molar-refractivity contribution >= 4 is 11.8 Å². The quantitative estimate of drug-likeness (QED) is 0.723.